The van der Waals surface area contributed by atoms with Crippen LogP contribution in [0.2, 0.25) is 0 Å². The minimum atomic E-state index is -3.71. The van der Waals surface area contributed by atoms with Crippen LogP contribution in [0.1, 0.15) is 56.9 Å². The number of nitrogens with zero attached hydrogens (tertiary/aromatic N) is 2. The van der Waals surface area contributed by atoms with Crippen LogP contribution in [0.4, 0.5) is 0 Å². The van der Waals surface area contributed by atoms with E-state index in [-0.39, 0.29) is 40.8 Å². The maximum absolute atomic E-state index is 13.3. The first-order valence-electron chi connectivity index (χ1n) is 11.0. The minimum Gasteiger partial charge on any atom is -0.495 e. The number of sulfonamides is 1. The average molecular weight is 435 g/mol. The number of ether oxygens (including phenoxy) is 1. The van der Waals surface area contributed by atoms with Crippen LogP contribution < -0.4 is 4.74 Å². The Bertz CT molecular complexity index is 897. The zero-order chi connectivity index (χ0) is 21.3. The lowest BCUT2D eigenvalue weighted by molar-refractivity contribution is -0.140. The molecule has 3 aliphatic rings. The van der Waals surface area contributed by atoms with Crippen LogP contribution in [0.15, 0.2) is 23.1 Å². The number of imide groups is 1. The second kappa shape index (κ2) is 8.67. The lowest BCUT2D eigenvalue weighted by Gasteiger charge is -2.22. The van der Waals surface area contributed by atoms with Crippen molar-refractivity contribution in [2.24, 2.45) is 11.8 Å². The molecule has 2 unspecified atom stereocenters. The molecule has 3 fully saturated rings. The van der Waals surface area contributed by atoms with Crippen molar-refractivity contribution in [3.8, 4) is 5.75 Å². The molecule has 0 radical (unpaired) electrons. The molecule has 2 atom stereocenters. The summed E-state index contributed by atoms with van der Waals surface area (Å²) in [4.78, 5) is 27.0. The molecule has 2 aliphatic heterocycles. The number of fused-ring (bicyclic) bond motifs is 1. The van der Waals surface area contributed by atoms with Gasteiger partial charge in [0, 0.05) is 13.1 Å². The van der Waals surface area contributed by atoms with Crippen molar-refractivity contribution in [1.29, 1.82) is 0 Å². The summed E-state index contributed by atoms with van der Waals surface area (Å²) in [6, 6.07) is 4.93. The fraction of sp³-hybridized carbons (Fsp3) is 0.636. The summed E-state index contributed by atoms with van der Waals surface area (Å²) >= 11 is 0. The summed E-state index contributed by atoms with van der Waals surface area (Å²) in [5.41, 5.74) is 0.629. The molecule has 7 nitrogen and oxygen atoms in total. The van der Waals surface area contributed by atoms with Gasteiger partial charge in [0.2, 0.25) is 21.8 Å². The van der Waals surface area contributed by atoms with Gasteiger partial charge in [-0.1, -0.05) is 31.7 Å². The fourth-order valence-electron chi connectivity index (χ4n) is 5.01. The van der Waals surface area contributed by atoms with Crippen LogP contribution in [-0.2, 0) is 26.2 Å². The quantitative estimate of drug-likeness (QED) is 0.666. The molecule has 1 aromatic rings. The smallest absolute Gasteiger partial charge is 0.246 e. The maximum Gasteiger partial charge on any atom is 0.246 e. The van der Waals surface area contributed by atoms with Crippen molar-refractivity contribution in [3.05, 3.63) is 23.8 Å². The molecule has 0 spiro atoms. The highest BCUT2D eigenvalue weighted by molar-refractivity contribution is 7.89. The molecule has 2 amide bonds. The van der Waals surface area contributed by atoms with E-state index in [1.165, 1.54) is 16.3 Å². The highest BCUT2D eigenvalue weighted by Crippen LogP contribution is 2.39. The molecule has 0 aromatic heterocycles. The number of benzene rings is 1. The highest BCUT2D eigenvalue weighted by Gasteiger charge is 2.48. The van der Waals surface area contributed by atoms with E-state index in [1.54, 1.807) is 18.2 Å². The van der Waals surface area contributed by atoms with Crippen LogP contribution >= 0.6 is 0 Å². The van der Waals surface area contributed by atoms with Gasteiger partial charge in [-0.05, 0) is 43.4 Å². The molecule has 30 heavy (non-hydrogen) atoms. The van der Waals surface area contributed by atoms with Crippen molar-refractivity contribution in [3.63, 3.8) is 0 Å². The summed E-state index contributed by atoms with van der Waals surface area (Å²) in [6.45, 7) is 1.11. The minimum absolute atomic E-state index is 0.108. The summed E-state index contributed by atoms with van der Waals surface area (Å²) in [5.74, 6) is -0.347. The van der Waals surface area contributed by atoms with Crippen molar-refractivity contribution in [2.45, 2.75) is 62.8 Å². The van der Waals surface area contributed by atoms with Crippen LogP contribution in [0.3, 0.4) is 0 Å². The third-order valence-electron chi connectivity index (χ3n) is 6.68. The van der Waals surface area contributed by atoms with E-state index in [9.17, 15) is 18.0 Å². The van der Waals surface area contributed by atoms with Crippen molar-refractivity contribution < 1.29 is 22.7 Å². The van der Waals surface area contributed by atoms with Crippen LogP contribution in [0, 0.1) is 11.8 Å². The molecule has 2 heterocycles. The number of hydrogen-bond donors (Lipinski definition) is 0. The summed E-state index contributed by atoms with van der Waals surface area (Å²) in [5, 5.41) is 0. The third kappa shape index (κ3) is 3.87. The number of carbonyl (C=O) groups is 2. The number of rotatable bonds is 5. The lowest BCUT2D eigenvalue weighted by atomic mass is 9.81. The zero-order valence-corrected chi connectivity index (χ0v) is 18.3. The summed E-state index contributed by atoms with van der Waals surface area (Å²) in [7, 11) is -2.26. The standard InChI is InChI=1S/C22H30N2O5S/c1-29-19-11-10-16(14-20(19)30(27,28)23-12-6-2-3-7-13-23)15-24-21(25)17-8-4-5-9-18(17)22(24)26/h10-11,14,17-18H,2-9,12-13,15H2,1H3. The molecule has 1 aromatic carbocycles. The van der Waals surface area contributed by atoms with E-state index in [0.29, 0.717) is 18.7 Å². The predicted molar refractivity (Wildman–Crippen MR) is 111 cm³/mol. The molecule has 0 bridgehead atoms. The summed E-state index contributed by atoms with van der Waals surface area (Å²) < 4.78 is 33.6. The Morgan fingerprint density at radius 2 is 1.53 bits per heavy atom. The SMILES string of the molecule is COc1ccc(CN2C(=O)C3CCCCC3C2=O)cc1S(=O)(=O)N1CCCCCC1. The van der Waals surface area contributed by atoms with Gasteiger partial charge in [-0.15, -0.1) is 0 Å². The van der Waals surface area contributed by atoms with Gasteiger partial charge >= 0.3 is 0 Å². The maximum atomic E-state index is 13.3. The largest absolute Gasteiger partial charge is 0.495 e. The Morgan fingerprint density at radius 3 is 2.10 bits per heavy atom. The van der Waals surface area contributed by atoms with Crippen molar-refractivity contribution >= 4 is 21.8 Å². The summed E-state index contributed by atoms with van der Waals surface area (Å²) in [6.07, 6.45) is 7.26. The number of amides is 2. The zero-order valence-electron chi connectivity index (χ0n) is 17.5. The van der Waals surface area contributed by atoms with Crippen LogP contribution in [-0.4, -0.2) is 49.6 Å². The highest BCUT2D eigenvalue weighted by atomic mass is 32.2. The van der Waals surface area contributed by atoms with E-state index in [4.69, 9.17) is 4.74 Å². The molecule has 8 heteroatoms. The number of carbonyl (C=O) groups excluding carboxylic acids is 2. The fourth-order valence-corrected chi connectivity index (χ4v) is 6.73. The molecule has 2 saturated heterocycles. The Balaban J connectivity index is 1.61. The number of methoxy groups -OCH3 is 1. The number of hydrogen-bond acceptors (Lipinski definition) is 5. The third-order valence-corrected chi connectivity index (χ3v) is 8.60. The lowest BCUT2D eigenvalue weighted by Crippen LogP contribution is -2.33. The Hall–Kier alpha value is -1.93. The van der Waals surface area contributed by atoms with Crippen molar-refractivity contribution in [2.75, 3.05) is 20.2 Å². The Kier molecular flexibility index (Phi) is 6.16. The molecule has 1 saturated carbocycles. The van der Waals surface area contributed by atoms with E-state index in [0.717, 1.165) is 51.4 Å². The van der Waals surface area contributed by atoms with Crippen molar-refractivity contribution in [1.82, 2.24) is 9.21 Å². The predicted octanol–water partition coefficient (Wildman–Crippen LogP) is 2.94. The first-order chi connectivity index (χ1) is 14.4. The van der Waals surface area contributed by atoms with Crippen LogP contribution in [0.5, 0.6) is 5.75 Å². The monoisotopic (exact) mass is 434 g/mol. The van der Waals surface area contributed by atoms with Gasteiger partial charge in [0.15, 0.2) is 0 Å². The average Bonchev–Trinajstić information content (AvgIpc) is 2.95. The van der Waals surface area contributed by atoms with E-state index < -0.39 is 10.0 Å². The van der Waals surface area contributed by atoms with Gasteiger partial charge in [-0.3, -0.25) is 14.5 Å². The van der Waals surface area contributed by atoms with Gasteiger partial charge in [-0.25, -0.2) is 8.42 Å². The molecule has 4 rings (SSSR count). The first-order valence-corrected chi connectivity index (χ1v) is 12.4. The van der Waals surface area contributed by atoms with E-state index in [2.05, 4.69) is 0 Å². The molecular weight excluding hydrogens is 404 g/mol. The van der Waals surface area contributed by atoms with Gasteiger partial charge in [0.25, 0.3) is 0 Å². The van der Waals surface area contributed by atoms with E-state index in [1.807, 2.05) is 0 Å². The van der Waals surface area contributed by atoms with Gasteiger partial charge in [-0.2, -0.15) is 4.31 Å². The topological polar surface area (TPSA) is 84.0 Å². The second-order valence-corrected chi connectivity index (χ2v) is 10.5. The first kappa shape index (κ1) is 21.3. The normalized spacial score (nSPS) is 25.8. The van der Waals surface area contributed by atoms with Gasteiger partial charge in [0.05, 0.1) is 25.5 Å². The van der Waals surface area contributed by atoms with Gasteiger partial charge < -0.3 is 4.74 Å². The van der Waals surface area contributed by atoms with E-state index >= 15 is 0 Å². The molecule has 164 valence electrons. The van der Waals surface area contributed by atoms with Gasteiger partial charge in [0.1, 0.15) is 10.6 Å². The molecular formula is C22H30N2O5S. The molecule has 0 N–H and O–H groups in total. The van der Waals surface area contributed by atoms with Crippen LogP contribution in [0.25, 0.3) is 0 Å². The number of likely N-dealkylation sites (tertiary alicyclic amines) is 1. The Labute approximate surface area is 178 Å². The second-order valence-electron chi connectivity index (χ2n) is 8.56. The Morgan fingerprint density at radius 1 is 0.933 bits per heavy atom. The molecule has 1 aliphatic carbocycles.